The predicted molar refractivity (Wildman–Crippen MR) is 84.3 cm³/mol. The molecule has 1 aromatic rings. The maximum atomic E-state index is 4.52. The molecule has 5 heteroatoms. The molecule has 1 aliphatic heterocycles. The summed E-state index contributed by atoms with van der Waals surface area (Å²) < 4.78 is 0. The first-order valence-corrected chi connectivity index (χ1v) is 7.77. The van der Waals surface area contributed by atoms with E-state index in [1.165, 1.54) is 19.5 Å². The predicted octanol–water partition coefficient (Wildman–Crippen LogP) is 2.36. The fourth-order valence-electron chi connectivity index (χ4n) is 2.59. The number of nitrogens with zero attached hydrogens (tertiary/aromatic N) is 3. The molecule has 1 unspecified atom stereocenters. The second-order valence-electron chi connectivity index (χ2n) is 5.57. The normalized spacial score (nSPS) is 19.2. The fourth-order valence-corrected chi connectivity index (χ4v) is 2.59. The molecule has 0 bridgehead atoms. The molecule has 20 heavy (non-hydrogen) atoms. The molecule has 0 amide bonds. The van der Waals surface area contributed by atoms with Crippen molar-refractivity contribution < 1.29 is 0 Å². The Morgan fingerprint density at radius 2 is 2.15 bits per heavy atom. The van der Waals surface area contributed by atoms with E-state index in [0.29, 0.717) is 0 Å². The zero-order valence-corrected chi connectivity index (χ0v) is 12.9. The van der Waals surface area contributed by atoms with Crippen molar-refractivity contribution in [2.75, 3.05) is 43.4 Å². The van der Waals surface area contributed by atoms with Gasteiger partial charge in [-0.3, -0.25) is 0 Å². The molecule has 1 aliphatic rings. The van der Waals surface area contributed by atoms with E-state index in [1.807, 2.05) is 13.0 Å². The first-order chi connectivity index (χ1) is 9.71. The van der Waals surface area contributed by atoms with Crippen molar-refractivity contribution in [1.29, 1.82) is 0 Å². The highest BCUT2D eigenvalue weighted by Crippen LogP contribution is 2.17. The molecule has 0 saturated carbocycles. The van der Waals surface area contributed by atoms with E-state index >= 15 is 0 Å². The van der Waals surface area contributed by atoms with Gasteiger partial charge in [0, 0.05) is 31.4 Å². The smallest absolute Gasteiger partial charge is 0.224 e. The van der Waals surface area contributed by atoms with E-state index < -0.39 is 0 Å². The number of aromatic nitrogens is 2. The van der Waals surface area contributed by atoms with Crippen molar-refractivity contribution in [3.63, 3.8) is 0 Å². The molecule has 1 aromatic heterocycles. The quantitative estimate of drug-likeness (QED) is 0.801. The van der Waals surface area contributed by atoms with Crippen LogP contribution in [0.4, 0.5) is 11.8 Å². The van der Waals surface area contributed by atoms with Crippen LogP contribution in [0.1, 0.15) is 32.4 Å². The lowest BCUT2D eigenvalue weighted by molar-refractivity contribution is 0.345. The fraction of sp³-hybridized carbons (Fsp3) is 0.733. The summed E-state index contributed by atoms with van der Waals surface area (Å²) in [5, 5.41) is 6.72. The van der Waals surface area contributed by atoms with Gasteiger partial charge in [0.1, 0.15) is 5.82 Å². The Hall–Kier alpha value is -1.36. The van der Waals surface area contributed by atoms with Crippen LogP contribution in [0.2, 0.25) is 0 Å². The van der Waals surface area contributed by atoms with Crippen LogP contribution in [0.3, 0.4) is 0 Å². The minimum Gasteiger partial charge on any atom is -0.370 e. The first kappa shape index (κ1) is 15.0. The summed E-state index contributed by atoms with van der Waals surface area (Å²) >= 11 is 0. The van der Waals surface area contributed by atoms with Gasteiger partial charge in [-0.25, -0.2) is 4.98 Å². The maximum absolute atomic E-state index is 4.52. The average Bonchev–Trinajstić information content (AvgIpc) is 2.90. The van der Waals surface area contributed by atoms with E-state index in [1.54, 1.807) is 0 Å². The summed E-state index contributed by atoms with van der Waals surface area (Å²) in [4.78, 5) is 11.4. The molecule has 0 spiro atoms. The number of anilines is 2. The Kier molecular flexibility index (Phi) is 5.59. The Bertz CT molecular complexity index is 421. The van der Waals surface area contributed by atoms with Crippen molar-refractivity contribution in [3.8, 4) is 0 Å². The van der Waals surface area contributed by atoms with Gasteiger partial charge in [0.05, 0.1) is 0 Å². The van der Waals surface area contributed by atoms with Gasteiger partial charge in [-0.05, 0) is 38.8 Å². The maximum Gasteiger partial charge on any atom is 0.224 e. The van der Waals surface area contributed by atoms with Crippen LogP contribution in [0.5, 0.6) is 0 Å². The lowest BCUT2D eigenvalue weighted by Crippen LogP contribution is -2.22. The zero-order chi connectivity index (χ0) is 14.4. The summed E-state index contributed by atoms with van der Waals surface area (Å²) in [6, 6.07) is 2.02. The zero-order valence-electron chi connectivity index (χ0n) is 12.9. The summed E-state index contributed by atoms with van der Waals surface area (Å²) in [5.41, 5.74) is 1.00. The topological polar surface area (TPSA) is 53.1 Å². The first-order valence-electron chi connectivity index (χ1n) is 7.77. The second kappa shape index (κ2) is 7.43. The molecular formula is C15H27N5. The second-order valence-corrected chi connectivity index (χ2v) is 5.57. The van der Waals surface area contributed by atoms with E-state index in [-0.39, 0.29) is 0 Å². The lowest BCUT2D eigenvalue weighted by Gasteiger charge is -2.14. The van der Waals surface area contributed by atoms with Crippen molar-refractivity contribution in [1.82, 2.24) is 14.9 Å². The third-order valence-corrected chi connectivity index (χ3v) is 3.78. The molecule has 1 saturated heterocycles. The molecule has 2 N–H and O–H groups in total. The standard InChI is InChI=1S/C15H27N5/c1-4-7-16-15-18-12(3)9-14(19-15)17-10-13-6-8-20(5-2)11-13/h9,13H,4-8,10-11H2,1-3H3,(H2,16,17,18,19). The summed E-state index contributed by atoms with van der Waals surface area (Å²) in [5.74, 6) is 2.40. The van der Waals surface area contributed by atoms with Gasteiger partial charge in [-0.1, -0.05) is 13.8 Å². The highest BCUT2D eigenvalue weighted by atomic mass is 15.2. The number of hydrogen-bond acceptors (Lipinski definition) is 5. The highest BCUT2D eigenvalue weighted by Gasteiger charge is 2.20. The largest absolute Gasteiger partial charge is 0.370 e. The van der Waals surface area contributed by atoms with Crippen LogP contribution in [-0.4, -0.2) is 47.6 Å². The third kappa shape index (κ3) is 4.34. The van der Waals surface area contributed by atoms with Gasteiger partial charge in [0.2, 0.25) is 5.95 Å². The van der Waals surface area contributed by atoms with Crippen LogP contribution in [0, 0.1) is 12.8 Å². The van der Waals surface area contributed by atoms with E-state index in [0.717, 1.165) is 49.4 Å². The van der Waals surface area contributed by atoms with Crippen molar-refractivity contribution in [3.05, 3.63) is 11.8 Å². The van der Waals surface area contributed by atoms with Gasteiger partial charge in [0.25, 0.3) is 0 Å². The molecule has 0 aromatic carbocycles. The van der Waals surface area contributed by atoms with Crippen LogP contribution >= 0.6 is 0 Å². The van der Waals surface area contributed by atoms with Gasteiger partial charge >= 0.3 is 0 Å². The van der Waals surface area contributed by atoms with Gasteiger partial charge in [0.15, 0.2) is 0 Å². The van der Waals surface area contributed by atoms with E-state index in [9.17, 15) is 0 Å². The number of rotatable bonds is 7. The summed E-state index contributed by atoms with van der Waals surface area (Å²) in [6.07, 6.45) is 2.36. The molecule has 1 atom stereocenters. The lowest BCUT2D eigenvalue weighted by atomic mass is 10.1. The van der Waals surface area contributed by atoms with Crippen molar-refractivity contribution in [2.24, 2.45) is 5.92 Å². The van der Waals surface area contributed by atoms with Crippen LogP contribution in [-0.2, 0) is 0 Å². The van der Waals surface area contributed by atoms with E-state index in [2.05, 4.69) is 39.3 Å². The van der Waals surface area contributed by atoms with Crippen LogP contribution in [0.25, 0.3) is 0 Å². The van der Waals surface area contributed by atoms with Crippen LogP contribution in [0.15, 0.2) is 6.07 Å². The molecule has 1 fully saturated rings. The van der Waals surface area contributed by atoms with E-state index in [4.69, 9.17) is 0 Å². The van der Waals surface area contributed by atoms with Crippen molar-refractivity contribution in [2.45, 2.75) is 33.6 Å². The Morgan fingerprint density at radius 3 is 2.85 bits per heavy atom. The molecule has 5 nitrogen and oxygen atoms in total. The Balaban J connectivity index is 1.87. The molecular weight excluding hydrogens is 250 g/mol. The third-order valence-electron chi connectivity index (χ3n) is 3.78. The highest BCUT2D eigenvalue weighted by molar-refractivity contribution is 5.42. The number of aryl methyl sites for hydroxylation is 1. The summed E-state index contributed by atoms with van der Waals surface area (Å²) in [7, 11) is 0. The molecule has 2 heterocycles. The summed E-state index contributed by atoms with van der Waals surface area (Å²) in [6.45, 7) is 11.9. The number of hydrogen-bond donors (Lipinski definition) is 2. The molecule has 0 aliphatic carbocycles. The van der Waals surface area contributed by atoms with Crippen molar-refractivity contribution >= 4 is 11.8 Å². The number of nitrogens with one attached hydrogen (secondary N) is 2. The molecule has 0 radical (unpaired) electrons. The average molecular weight is 277 g/mol. The van der Waals surface area contributed by atoms with Gasteiger partial charge in [-0.2, -0.15) is 4.98 Å². The minimum atomic E-state index is 0.732. The minimum absolute atomic E-state index is 0.732. The number of likely N-dealkylation sites (tertiary alicyclic amines) is 1. The van der Waals surface area contributed by atoms with Crippen LogP contribution < -0.4 is 10.6 Å². The SMILES string of the molecule is CCCNc1nc(C)cc(NCC2CCN(CC)C2)n1. The Morgan fingerprint density at radius 1 is 1.30 bits per heavy atom. The molecule has 112 valence electrons. The van der Waals surface area contributed by atoms with Gasteiger partial charge in [-0.15, -0.1) is 0 Å². The van der Waals surface area contributed by atoms with Gasteiger partial charge < -0.3 is 15.5 Å². The monoisotopic (exact) mass is 277 g/mol. The molecule has 2 rings (SSSR count). The Labute approximate surface area is 122 Å².